The molecule has 2 aliphatic rings. The van der Waals surface area contributed by atoms with Gasteiger partial charge in [0.2, 0.25) is 0 Å². The van der Waals surface area contributed by atoms with Crippen LogP contribution in [-0.2, 0) is 5.41 Å². The Kier molecular flexibility index (Phi) is 3.80. The molecule has 1 aromatic carbocycles. The summed E-state index contributed by atoms with van der Waals surface area (Å²) in [5, 5.41) is 21.9. The number of phenols is 1. The van der Waals surface area contributed by atoms with E-state index in [1.165, 1.54) is 5.12 Å². The van der Waals surface area contributed by atoms with Gasteiger partial charge in [-0.2, -0.15) is 10.2 Å². The first-order valence-corrected chi connectivity index (χ1v) is 7.96. The van der Waals surface area contributed by atoms with Crippen LogP contribution in [0.25, 0.3) is 0 Å². The lowest BCUT2D eigenvalue weighted by atomic mass is 9.85. The average Bonchev–Trinajstić information content (AvgIpc) is 2.57. The zero-order valence-corrected chi connectivity index (χ0v) is 14.5. The second-order valence-electron chi connectivity index (χ2n) is 6.94. The molecule has 0 spiro atoms. The first-order valence-electron chi connectivity index (χ1n) is 7.58. The van der Waals surface area contributed by atoms with Crippen molar-refractivity contribution in [2.75, 3.05) is 5.12 Å². The Morgan fingerprint density at radius 2 is 1.83 bits per heavy atom. The van der Waals surface area contributed by atoms with Gasteiger partial charge < -0.3 is 5.11 Å². The van der Waals surface area contributed by atoms with Crippen molar-refractivity contribution in [2.45, 2.75) is 39.5 Å². The van der Waals surface area contributed by atoms with E-state index in [1.54, 1.807) is 0 Å². The van der Waals surface area contributed by atoms with E-state index in [4.69, 9.17) is 11.6 Å². The van der Waals surface area contributed by atoms with E-state index in [0.29, 0.717) is 17.1 Å². The molecule has 1 heterocycles. The van der Waals surface area contributed by atoms with Crippen LogP contribution in [0, 0.1) is 6.92 Å². The van der Waals surface area contributed by atoms with Crippen molar-refractivity contribution < 1.29 is 5.11 Å². The maximum atomic E-state index is 10.7. The van der Waals surface area contributed by atoms with Crippen LogP contribution in [0.2, 0.25) is 0 Å². The SMILES string of the molecule is Cc1cc(N2N=C3C=CC(Cl)=CC(=N2)C3)c(O)c(C(C)(C)C)c1. The molecule has 1 aromatic rings. The molecule has 23 heavy (non-hydrogen) atoms. The van der Waals surface area contributed by atoms with Crippen LogP contribution in [0.3, 0.4) is 0 Å². The Bertz CT molecular complexity index is 782. The molecule has 0 radical (unpaired) electrons. The van der Waals surface area contributed by atoms with E-state index in [-0.39, 0.29) is 11.2 Å². The fraction of sp³-hybridized carbons (Fsp3) is 0.333. The summed E-state index contributed by atoms with van der Waals surface area (Å²) in [5.41, 5.74) is 4.04. The van der Waals surface area contributed by atoms with Gasteiger partial charge in [0.05, 0.1) is 11.4 Å². The number of hydrazone groups is 2. The first kappa shape index (κ1) is 15.8. The van der Waals surface area contributed by atoms with E-state index >= 15 is 0 Å². The highest BCUT2D eigenvalue weighted by atomic mass is 35.5. The van der Waals surface area contributed by atoms with Crippen molar-refractivity contribution in [3.63, 3.8) is 0 Å². The number of hydrogen-bond donors (Lipinski definition) is 1. The lowest BCUT2D eigenvalue weighted by Gasteiger charge is -2.26. The minimum Gasteiger partial charge on any atom is -0.505 e. The minimum atomic E-state index is -0.170. The van der Waals surface area contributed by atoms with Gasteiger partial charge in [0.25, 0.3) is 0 Å². The van der Waals surface area contributed by atoms with Gasteiger partial charge in [-0.25, -0.2) is 0 Å². The molecular weight excluding hydrogens is 310 g/mol. The summed E-state index contributed by atoms with van der Waals surface area (Å²) in [6, 6.07) is 3.90. The van der Waals surface area contributed by atoms with Crippen LogP contribution in [0.4, 0.5) is 5.69 Å². The minimum absolute atomic E-state index is 0.170. The number of allylic oxidation sites excluding steroid dienone is 4. The lowest BCUT2D eigenvalue weighted by Crippen LogP contribution is -2.22. The summed E-state index contributed by atoms with van der Waals surface area (Å²) < 4.78 is 0. The molecule has 0 unspecified atom stereocenters. The molecule has 0 saturated heterocycles. The molecule has 0 fully saturated rings. The predicted octanol–water partition coefficient (Wildman–Crippen LogP) is 4.61. The largest absolute Gasteiger partial charge is 0.505 e. The predicted molar refractivity (Wildman–Crippen MR) is 96.6 cm³/mol. The molecule has 5 heteroatoms. The van der Waals surface area contributed by atoms with Crippen LogP contribution < -0.4 is 5.12 Å². The topological polar surface area (TPSA) is 48.2 Å². The molecule has 0 saturated carbocycles. The van der Waals surface area contributed by atoms with E-state index in [9.17, 15) is 5.11 Å². The van der Waals surface area contributed by atoms with E-state index in [2.05, 4.69) is 31.0 Å². The van der Waals surface area contributed by atoms with Gasteiger partial charge in [-0.05, 0) is 42.2 Å². The molecular formula is C18H20ClN3O. The smallest absolute Gasteiger partial charge is 0.146 e. The molecule has 3 rings (SSSR count). The molecule has 1 aliphatic carbocycles. The summed E-state index contributed by atoms with van der Waals surface area (Å²) in [7, 11) is 0. The average molecular weight is 330 g/mol. The maximum Gasteiger partial charge on any atom is 0.146 e. The Labute approximate surface area is 141 Å². The Morgan fingerprint density at radius 1 is 1.13 bits per heavy atom. The Hall–Kier alpha value is -2.07. The second-order valence-corrected chi connectivity index (χ2v) is 7.38. The van der Waals surface area contributed by atoms with Gasteiger partial charge in [-0.3, -0.25) is 0 Å². The van der Waals surface area contributed by atoms with Gasteiger partial charge >= 0.3 is 0 Å². The Morgan fingerprint density at radius 3 is 2.52 bits per heavy atom. The lowest BCUT2D eigenvalue weighted by molar-refractivity contribution is 0.446. The fourth-order valence-corrected chi connectivity index (χ4v) is 2.86. The number of nitrogens with zero attached hydrogens (tertiary/aromatic N) is 3. The standard InChI is InChI=1S/C18H20ClN3O/c1-11-7-15(18(2,3)4)17(23)16(8-11)22-20-13-6-5-12(19)9-14(10-13)21-22/h5-9,23H,10H2,1-4H3. The van der Waals surface area contributed by atoms with E-state index < -0.39 is 0 Å². The van der Waals surface area contributed by atoms with E-state index in [0.717, 1.165) is 22.6 Å². The summed E-state index contributed by atoms with van der Waals surface area (Å²) in [4.78, 5) is 0. The number of hydrogen-bond acceptors (Lipinski definition) is 4. The molecule has 0 aromatic heterocycles. The normalized spacial score (nSPS) is 17.4. The zero-order chi connectivity index (χ0) is 16.8. The van der Waals surface area contributed by atoms with Crippen LogP contribution in [0.1, 0.15) is 38.3 Å². The molecule has 4 nitrogen and oxygen atoms in total. The zero-order valence-electron chi connectivity index (χ0n) is 13.8. The molecule has 1 N–H and O–H groups in total. The van der Waals surface area contributed by atoms with Crippen LogP contribution in [0.5, 0.6) is 5.75 Å². The molecule has 120 valence electrons. The number of aryl methyl sites for hydroxylation is 1. The summed E-state index contributed by atoms with van der Waals surface area (Å²) in [5.74, 6) is 0.217. The highest BCUT2D eigenvalue weighted by Crippen LogP contribution is 2.40. The first-order chi connectivity index (χ1) is 10.7. The third kappa shape index (κ3) is 3.17. The van der Waals surface area contributed by atoms with Crippen LogP contribution in [-0.4, -0.2) is 16.5 Å². The number of anilines is 1. The summed E-state index contributed by atoms with van der Waals surface area (Å²) >= 11 is 6.09. The van der Waals surface area contributed by atoms with Gasteiger partial charge in [0, 0.05) is 17.0 Å². The fourth-order valence-electron chi connectivity index (χ4n) is 2.67. The van der Waals surface area contributed by atoms with Crippen molar-refractivity contribution >= 4 is 28.7 Å². The van der Waals surface area contributed by atoms with Gasteiger partial charge in [0.1, 0.15) is 11.4 Å². The third-order valence-corrected chi connectivity index (χ3v) is 4.04. The van der Waals surface area contributed by atoms with Crippen LogP contribution >= 0.6 is 11.6 Å². The summed E-state index contributed by atoms with van der Waals surface area (Å²) in [6.45, 7) is 8.23. The summed E-state index contributed by atoms with van der Waals surface area (Å²) in [6.07, 6.45) is 6.15. The van der Waals surface area contributed by atoms with E-state index in [1.807, 2.05) is 37.3 Å². The van der Waals surface area contributed by atoms with Gasteiger partial charge in [-0.1, -0.05) is 38.4 Å². The van der Waals surface area contributed by atoms with Gasteiger partial charge in [-0.15, -0.1) is 5.12 Å². The van der Waals surface area contributed by atoms with Crippen molar-refractivity contribution in [1.29, 1.82) is 0 Å². The second kappa shape index (κ2) is 5.53. The molecule has 0 amide bonds. The number of benzene rings is 1. The van der Waals surface area contributed by atoms with Gasteiger partial charge in [0.15, 0.2) is 0 Å². The highest BCUT2D eigenvalue weighted by Gasteiger charge is 2.25. The maximum absolute atomic E-state index is 10.7. The molecule has 1 aliphatic heterocycles. The number of rotatable bonds is 1. The number of aromatic hydroxyl groups is 1. The number of halogens is 1. The highest BCUT2D eigenvalue weighted by molar-refractivity contribution is 6.34. The number of fused-ring (bicyclic) bond motifs is 2. The molecule has 2 bridgehead atoms. The van der Waals surface area contributed by atoms with Crippen molar-refractivity contribution in [1.82, 2.24) is 0 Å². The molecule has 0 atom stereocenters. The Balaban J connectivity index is 2.13. The monoisotopic (exact) mass is 329 g/mol. The van der Waals surface area contributed by atoms with Crippen molar-refractivity contribution in [3.8, 4) is 5.75 Å². The third-order valence-electron chi connectivity index (χ3n) is 3.81. The number of phenolic OH excluding ortho intramolecular Hbond substituents is 1. The van der Waals surface area contributed by atoms with Crippen LogP contribution in [0.15, 0.2) is 45.6 Å². The van der Waals surface area contributed by atoms with Crippen molar-refractivity contribution in [2.24, 2.45) is 10.2 Å². The quantitative estimate of drug-likeness (QED) is 0.817. The van der Waals surface area contributed by atoms with Crippen molar-refractivity contribution in [3.05, 3.63) is 46.5 Å².